The minimum Gasteiger partial charge on any atom is -0.298 e. The molecule has 1 aromatic carbocycles. The van der Waals surface area contributed by atoms with Crippen LogP contribution in [0, 0.1) is 22.6 Å². The van der Waals surface area contributed by atoms with Crippen molar-refractivity contribution in [1.82, 2.24) is 10.3 Å². The second kappa shape index (κ2) is 9.58. The van der Waals surface area contributed by atoms with Gasteiger partial charge in [0.05, 0.1) is 23.3 Å². The number of hydrogen-bond acceptors (Lipinski definition) is 6. The van der Waals surface area contributed by atoms with Gasteiger partial charge in [-0.2, -0.15) is 27.2 Å². The van der Waals surface area contributed by atoms with Crippen molar-refractivity contribution < 1.29 is 39.6 Å². The predicted octanol–water partition coefficient (Wildman–Crippen LogP) is 4.21. The fraction of sp³-hybridized carbons (Fsp3) is 0.409. The molecule has 1 fully saturated rings. The highest BCUT2D eigenvalue weighted by atomic mass is 32.2. The van der Waals surface area contributed by atoms with Gasteiger partial charge < -0.3 is 0 Å². The summed E-state index contributed by atoms with van der Waals surface area (Å²) in [5, 5.41) is 6.47. The number of hydrogen-bond donors (Lipinski definition) is 1. The van der Waals surface area contributed by atoms with Crippen LogP contribution in [0.5, 0.6) is 0 Å². The van der Waals surface area contributed by atoms with Crippen LogP contribution in [0.25, 0.3) is 0 Å². The van der Waals surface area contributed by atoms with Crippen LogP contribution in [-0.2, 0) is 19.9 Å². The number of alkyl halides is 5. The standard InChI is InChI=1S/C22H19F6N3O3S/c23-15-6-4-14(5-7-15)19(21(24,25)26)31-16(17(32)11-20(13-29)8-9-20)12-35(33,34)22(27,28)18-3-1-2-10-30-18/h1-7,10,16,19,31H,8-9,11-12H2/t16-,19-/m0/s1. The summed E-state index contributed by atoms with van der Waals surface area (Å²) in [7, 11) is -5.57. The van der Waals surface area contributed by atoms with Crippen molar-refractivity contribution >= 4 is 15.6 Å². The number of rotatable bonds is 10. The molecule has 13 heteroatoms. The molecule has 1 heterocycles. The zero-order valence-corrected chi connectivity index (χ0v) is 18.7. The van der Waals surface area contributed by atoms with Gasteiger partial charge in [0, 0.05) is 12.6 Å². The first-order valence-electron chi connectivity index (χ1n) is 10.2. The number of pyridine rings is 1. The van der Waals surface area contributed by atoms with E-state index in [0.29, 0.717) is 0 Å². The lowest BCUT2D eigenvalue weighted by Crippen LogP contribution is -2.50. The van der Waals surface area contributed by atoms with E-state index in [-0.39, 0.29) is 12.8 Å². The molecule has 2 atom stereocenters. The quantitative estimate of drug-likeness (QED) is 0.472. The maximum absolute atomic E-state index is 14.8. The maximum atomic E-state index is 14.8. The van der Waals surface area contributed by atoms with Gasteiger partial charge in [-0.05, 0) is 42.7 Å². The van der Waals surface area contributed by atoms with Crippen LogP contribution >= 0.6 is 0 Å². The Kier molecular flexibility index (Phi) is 7.29. The number of nitriles is 1. The summed E-state index contributed by atoms with van der Waals surface area (Å²) in [4.78, 5) is 16.2. The van der Waals surface area contributed by atoms with Gasteiger partial charge >= 0.3 is 11.4 Å². The molecule has 0 amide bonds. The molecule has 0 saturated heterocycles. The van der Waals surface area contributed by atoms with Crippen molar-refractivity contribution in [3.8, 4) is 6.07 Å². The summed E-state index contributed by atoms with van der Waals surface area (Å²) in [6, 6.07) is 3.04. The summed E-state index contributed by atoms with van der Waals surface area (Å²) >= 11 is 0. The van der Waals surface area contributed by atoms with Gasteiger partial charge in [-0.15, -0.1) is 0 Å². The van der Waals surface area contributed by atoms with Crippen molar-refractivity contribution in [2.75, 3.05) is 5.75 Å². The van der Waals surface area contributed by atoms with Gasteiger partial charge in [-0.3, -0.25) is 15.1 Å². The lowest BCUT2D eigenvalue weighted by atomic mass is 9.96. The summed E-state index contributed by atoms with van der Waals surface area (Å²) in [6.07, 6.45) is -4.27. The third-order valence-corrected chi connectivity index (χ3v) is 7.39. The van der Waals surface area contributed by atoms with E-state index in [1.54, 1.807) is 0 Å². The lowest BCUT2D eigenvalue weighted by molar-refractivity contribution is -0.160. The van der Waals surface area contributed by atoms with Crippen LogP contribution in [0.4, 0.5) is 26.3 Å². The van der Waals surface area contributed by atoms with Crippen molar-refractivity contribution in [2.45, 2.75) is 42.8 Å². The molecule has 188 valence electrons. The van der Waals surface area contributed by atoms with Crippen LogP contribution in [0.2, 0.25) is 0 Å². The molecule has 1 saturated carbocycles. The second-order valence-corrected chi connectivity index (χ2v) is 10.4. The number of nitrogens with one attached hydrogen (secondary N) is 1. The monoisotopic (exact) mass is 519 g/mol. The average Bonchev–Trinajstić information content (AvgIpc) is 3.56. The Morgan fingerprint density at radius 2 is 1.74 bits per heavy atom. The Bertz CT molecular complexity index is 1210. The van der Waals surface area contributed by atoms with Crippen LogP contribution in [0.1, 0.15) is 36.6 Å². The van der Waals surface area contributed by atoms with E-state index >= 15 is 0 Å². The van der Waals surface area contributed by atoms with E-state index in [9.17, 15) is 44.8 Å². The Labute approximate surface area is 196 Å². The average molecular weight is 519 g/mol. The zero-order chi connectivity index (χ0) is 26.1. The topological polar surface area (TPSA) is 99.9 Å². The minimum absolute atomic E-state index is 0.263. The molecule has 0 bridgehead atoms. The number of carbonyl (C=O) groups is 1. The number of ketones is 1. The number of carbonyl (C=O) groups excluding carboxylic acids is 1. The minimum atomic E-state index is -5.57. The number of sulfone groups is 1. The molecule has 1 N–H and O–H groups in total. The number of halogens is 6. The van der Waals surface area contributed by atoms with Crippen molar-refractivity contribution in [2.24, 2.45) is 5.41 Å². The lowest BCUT2D eigenvalue weighted by Gasteiger charge is -2.28. The van der Waals surface area contributed by atoms with E-state index in [0.717, 1.165) is 42.6 Å². The zero-order valence-electron chi connectivity index (χ0n) is 17.9. The molecule has 0 spiro atoms. The molecule has 0 radical (unpaired) electrons. The van der Waals surface area contributed by atoms with Gasteiger partial charge in [-0.1, -0.05) is 18.2 Å². The van der Waals surface area contributed by atoms with Gasteiger partial charge in [0.2, 0.25) is 9.84 Å². The molecule has 1 aliphatic carbocycles. The number of Topliss-reactive ketones (excluding diaryl/α,β-unsaturated/α-hetero) is 1. The smallest absolute Gasteiger partial charge is 0.298 e. The number of benzene rings is 1. The van der Waals surface area contributed by atoms with E-state index in [2.05, 4.69) is 4.98 Å². The van der Waals surface area contributed by atoms with Crippen LogP contribution < -0.4 is 5.32 Å². The van der Waals surface area contributed by atoms with E-state index in [4.69, 9.17) is 0 Å². The molecule has 1 aliphatic rings. The van der Waals surface area contributed by atoms with Gasteiger partial charge in [0.25, 0.3) is 0 Å². The highest BCUT2D eigenvalue weighted by molar-refractivity contribution is 7.92. The van der Waals surface area contributed by atoms with Crippen molar-refractivity contribution in [1.29, 1.82) is 5.26 Å². The summed E-state index contributed by atoms with van der Waals surface area (Å²) in [6.45, 7) is 0. The summed E-state index contributed by atoms with van der Waals surface area (Å²) in [5.74, 6) is -3.67. The van der Waals surface area contributed by atoms with Crippen molar-refractivity contribution in [3.63, 3.8) is 0 Å². The molecular weight excluding hydrogens is 500 g/mol. The normalized spacial score (nSPS) is 17.3. The summed E-state index contributed by atoms with van der Waals surface area (Å²) < 4.78 is 110. The number of aromatic nitrogens is 1. The Morgan fingerprint density at radius 3 is 2.23 bits per heavy atom. The Hall–Kier alpha value is -2.98. The molecule has 6 nitrogen and oxygen atoms in total. The largest absolute Gasteiger partial charge is 0.407 e. The highest BCUT2D eigenvalue weighted by Crippen LogP contribution is 2.48. The van der Waals surface area contributed by atoms with Crippen LogP contribution in [-0.4, -0.2) is 37.2 Å². The summed E-state index contributed by atoms with van der Waals surface area (Å²) in [5.41, 5.74) is -2.90. The van der Waals surface area contributed by atoms with Crippen LogP contribution in [0.3, 0.4) is 0 Å². The van der Waals surface area contributed by atoms with E-state index in [1.165, 1.54) is 6.07 Å². The van der Waals surface area contributed by atoms with Crippen LogP contribution in [0.15, 0.2) is 48.7 Å². The molecular formula is C22H19F6N3O3S. The van der Waals surface area contributed by atoms with Gasteiger partial charge in [0.15, 0.2) is 5.78 Å². The fourth-order valence-electron chi connectivity index (χ4n) is 3.42. The SMILES string of the molecule is N#CC1(CC(=O)[C@H](CS(=O)(=O)C(F)(F)c2ccccn2)N[C@@H](c2ccc(F)cc2)C(F)(F)F)CC1. The molecule has 0 unspecified atom stereocenters. The number of nitrogens with zero attached hydrogens (tertiary/aromatic N) is 2. The highest BCUT2D eigenvalue weighted by Gasteiger charge is 2.53. The third-order valence-electron chi connectivity index (χ3n) is 5.63. The fourth-order valence-corrected chi connectivity index (χ4v) is 4.79. The first kappa shape index (κ1) is 26.6. The van der Waals surface area contributed by atoms with Gasteiger partial charge in [0.1, 0.15) is 17.6 Å². The second-order valence-electron chi connectivity index (χ2n) is 8.29. The molecule has 2 aromatic rings. The predicted molar refractivity (Wildman–Crippen MR) is 111 cm³/mol. The Morgan fingerprint density at radius 1 is 1.11 bits per heavy atom. The van der Waals surface area contributed by atoms with E-state index < -0.39 is 73.8 Å². The first-order chi connectivity index (χ1) is 16.2. The molecule has 3 rings (SSSR count). The molecule has 1 aromatic heterocycles. The van der Waals surface area contributed by atoms with E-state index in [1.807, 2.05) is 11.4 Å². The Balaban J connectivity index is 1.97. The third kappa shape index (κ3) is 5.99. The molecule has 0 aliphatic heterocycles. The first-order valence-corrected chi connectivity index (χ1v) is 11.9. The van der Waals surface area contributed by atoms with Gasteiger partial charge in [-0.25, -0.2) is 12.8 Å². The van der Waals surface area contributed by atoms with Crippen molar-refractivity contribution in [3.05, 3.63) is 65.7 Å². The molecule has 35 heavy (non-hydrogen) atoms. The maximum Gasteiger partial charge on any atom is 0.407 e.